The summed E-state index contributed by atoms with van der Waals surface area (Å²) in [5.74, 6) is -0.765. The summed E-state index contributed by atoms with van der Waals surface area (Å²) < 4.78 is 41.2. The Balaban J connectivity index is 1.63. The first kappa shape index (κ1) is 25.6. The van der Waals surface area contributed by atoms with E-state index in [0.717, 1.165) is 5.56 Å². The number of nitrogens with one attached hydrogen (secondary N) is 1. The van der Waals surface area contributed by atoms with Crippen LogP contribution in [0.15, 0.2) is 88.9 Å². The number of thioether (sulfide) groups is 1. The van der Waals surface area contributed by atoms with Crippen molar-refractivity contribution in [2.24, 2.45) is 0 Å². The molecule has 1 atom stereocenters. The Labute approximate surface area is 213 Å². The van der Waals surface area contributed by atoms with Gasteiger partial charge in [0.1, 0.15) is 11.6 Å². The zero-order chi connectivity index (χ0) is 25.7. The molecule has 3 aromatic carbocycles. The smallest absolute Gasteiger partial charge is 0.237 e. The van der Waals surface area contributed by atoms with Crippen molar-refractivity contribution in [3.63, 3.8) is 0 Å². The van der Waals surface area contributed by atoms with E-state index in [0.29, 0.717) is 23.0 Å². The monoisotopic (exact) mass is 524 g/mol. The number of amides is 1. The number of sulfone groups is 1. The number of aromatic nitrogens is 3. The number of carbonyl (C=O) groups is 1. The lowest BCUT2D eigenvalue weighted by molar-refractivity contribution is -0.115. The molecule has 1 heterocycles. The van der Waals surface area contributed by atoms with Crippen LogP contribution in [0.25, 0.3) is 5.69 Å². The summed E-state index contributed by atoms with van der Waals surface area (Å²) in [5, 5.41) is 11.1. The second-order valence-electron chi connectivity index (χ2n) is 8.15. The Kier molecular flexibility index (Phi) is 7.85. The number of anilines is 1. The van der Waals surface area contributed by atoms with Gasteiger partial charge in [-0.3, -0.25) is 9.36 Å². The van der Waals surface area contributed by atoms with E-state index in [1.54, 1.807) is 28.8 Å². The molecule has 1 unspecified atom stereocenters. The van der Waals surface area contributed by atoms with Crippen LogP contribution in [0.5, 0.6) is 0 Å². The first-order valence-electron chi connectivity index (χ1n) is 11.3. The van der Waals surface area contributed by atoms with E-state index in [1.165, 1.54) is 36.0 Å². The molecule has 0 saturated heterocycles. The Hall–Kier alpha value is -3.50. The Morgan fingerprint density at radius 1 is 1.00 bits per heavy atom. The quantitative estimate of drug-likeness (QED) is 0.303. The van der Waals surface area contributed by atoms with Crippen molar-refractivity contribution in [3.8, 4) is 5.69 Å². The van der Waals surface area contributed by atoms with Crippen LogP contribution < -0.4 is 5.32 Å². The molecule has 36 heavy (non-hydrogen) atoms. The van der Waals surface area contributed by atoms with Gasteiger partial charge in [-0.25, -0.2) is 12.8 Å². The summed E-state index contributed by atoms with van der Waals surface area (Å²) in [6.07, 6.45) is 0.482. The third kappa shape index (κ3) is 6.00. The minimum Gasteiger partial charge on any atom is -0.325 e. The van der Waals surface area contributed by atoms with Crippen molar-refractivity contribution < 1.29 is 17.6 Å². The molecule has 1 amide bonds. The first-order chi connectivity index (χ1) is 17.3. The van der Waals surface area contributed by atoms with Crippen molar-refractivity contribution >= 4 is 33.2 Å². The summed E-state index contributed by atoms with van der Waals surface area (Å²) in [7, 11) is -3.68. The number of halogens is 1. The molecule has 4 rings (SSSR count). The van der Waals surface area contributed by atoms with E-state index >= 15 is 0 Å². The Bertz CT molecular complexity index is 1440. The number of nitrogens with zero attached hydrogens (tertiary/aromatic N) is 3. The van der Waals surface area contributed by atoms with Crippen molar-refractivity contribution in [2.75, 3.05) is 5.32 Å². The van der Waals surface area contributed by atoms with Gasteiger partial charge in [0.2, 0.25) is 5.91 Å². The maximum atomic E-state index is 13.2. The summed E-state index contributed by atoms with van der Waals surface area (Å²) in [6, 6.07) is 21.4. The second kappa shape index (κ2) is 11.0. The number of benzene rings is 3. The number of carbonyl (C=O) groups excluding carboxylic acids is 1. The molecule has 4 aromatic rings. The molecule has 0 aliphatic rings. The standard InChI is InChI=1S/C26H25FN4O3S2/c1-3-23(25(32)28-20-13-11-19(27)12-14-20)35-26-30-29-24(31(26)21-7-5-4-6-8-21)17-36(33,34)22-15-9-18(2)10-16-22/h4-16,23H,3,17H2,1-2H3,(H,28,32). The molecule has 186 valence electrons. The molecule has 0 aliphatic carbocycles. The normalized spacial score (nSPS) is 12.3. The Morgan fingerprint density at radius 3 is 2.31 bits per heavy atom. The third-order valence-corrected chi connectivity index (χ3v) is 8.37. The van der Waals surface area contributed by atoms with Gasteiger partial charge >= 0.3 is 0 Å². The van der Waals surface area contributed by atoms with Crippen molar-refractivity contribution in [1.82, 2.24) is 14.8 Å². The largest absolute Gasteiger partial charge is 0.325 e. The van der Waals surface area contributed by atoms with Gasteiger partial charge in [-0.05, 0) is 61.9 Å². The lowest BCUT2D eigenvalue weighted by atomic mass is 10.2. The van der Waals surface area contributed by atoms with Gasteiger partial charge in [-0.1, -0.05) is 54.6 Å². The van der Waals surface area contributed by atoms with E-state index < -0.39 is 20.9 Å². The molecule has 0 spiro atoms. The lowest BCUT2D eigenvalue weighted by Gasteiger charge is -2.16. The fourth-order valence-corrected chi connectivity index (χ4v) is 5.75. The highest BCUT2D eigenvalue weighted by Crippen LogP contribution is 2.29. The number of para-hydroxylation sites is 1. The number of hydrogen-bond acceptors (Lipinski definition) is 6. The molecule has 1 aromatic heterocycles. The van der Waals surface area contributed by atoms with Gasteiger partial charge < -0.3 is 5.32 Å². The summed E-state index contributed by atoms with van der Waals surface area (Å²) in [5.41, 5.74) is 2.13. The fraction of sp³-hybridized carbons (Fsp3) is 0.192. The van der Waals surface area contributed by atoms with Crippen molar-refractivity contribution in [3.05, 3.63) is 96.1 Å². The van der Waals surface area contributed by atoms with E-state index in [4.69, 9.17) is 0 Å². The molecule has 0 fully saturated rings. The Morgan fingerprint density at radius 2 is 1.67 bits per heavy atom. The van der Waals surface area contributed by atoms with Crippen LogP contribution in [0.4, 0.5) is 10.1 Å². The van der Waals surface area contributed by atoms with Crippen LogP contribution >= 0.6 is 11.8 Å². The fourth-order valence-electron chi connectivity index (χ4n) is 3.51. The maximum Gasteiger partial charge on any atom is 0.237 e. The molecular weight excluding hydrogens is 499 g/mol. The second-order valence-corrected chi connectivity index (χ2v) is 11.3. The van der Waals surface area contributed by atoms with E-state index in [-0.39, 0.29) is 22.4 Å². The first-order valence-corrected chi connectivity index (χ1v) is 13.8. The number of aryl methyl sites for hydroxylation is 1. The molecule has 0 aliphatic heterocycles. The van der Waals surface area contributed by atoms with Gasteiger partial charge in [-0.2, -0.15) is 0 Å². The SMILES string of the molecule is CCC(Sc1nnc(CS(=O)(=O)c2ccc(C)cc2)n1-c1ccccc1)C(=O)Nc1ccc(F)cc1. The van der Waals surface area contributed by atoms with Crippen LogP contribution in [0.1, 0.15) is 24.7 Å². The zero-order valence-electron chi connectivity index (χ0n) is 19.8. The molecule has 0 saturated carbocycles. The predicted octanol–water partition coefficient (Wildman–Crippen LogP) is 5.20. The molecule has 7 nitrogen and oxygen atoms in total. The van der Waals surface area contributed by atoms with Crippen LogP contribution in [-0.2, 0) is 20.4 Å². The maximum absolute atomic E-state index is 13.2. The molecule has 0 radical (unpaired) electrons. The van der Waals surface area contributed by atoms with Crippen LogP contribution in [0.3, 0.4) is 0 Å². The van der Waals surface area contributed by atoms with Gasteiger partial charge in [0.05, 0.1) is 10.1 Å². The van der Waals surface area contributed by atoms with Crippen molar-refractivity contribution in [2.45, 2.75) is 41.3 Å². The minimum absolute atomic E-state index is 0.204. The van der Waals surface area contributed by atoms with E-state index in [9.17, 15) is 17.6 Å². The molecular formula is C26H25FN4O3S2. The van der Waals surface area contributed by atoms with E-state index in [2.05, 4.69) is 15.5 Å². The van der Waals surface area contributed by atoms with E-state index in [1.807, 2.05) is 44.2 Å². The van der Waals surface area contributed by atoms with Gasteiger partial charge in [0.15, 0.2) is 20.8 Å². The third-order valence-electron chi connectivity index (χ3n) is 5.44. The van der Waals surface area contributed by atoms with Crippen molar-refractivity contribution in [1.29, 1.82) is 0 Å². The number of hydrogen-bond donors (Lipinski definition) is 1. The summed E-state index contributed by atoms with van der Waals surface area (Å²) in [6.45, 7) is 3.76. The topological polar surface area (TPSA) is 93.9 Å². The average molecular weight is 525 g/mol. The summed E-state index contributed by atoms with van der Waals surface area (Å²) >= 11 is 1.19. The highest BCUT2D eigenvalue weighted by atomic mass is 32.2. The minimum atomic E-state index is -3.68. The summed E-state index contributed by atoms with van der Waals surface area (Å²) in [4.78, 5) is 13.2. The molecule has 10 heteroatoms. The predicted molar refractivity (Wildman–Crippen MR) is 138 cm³/mol. The molecule has 0 bridgehead atoms. The highest BCUT2D eigenvalue weighted by molar-refractivity contribution is 8.00. The lowest BCUT2D eigenvalue weighted by Crippen LogP contribution is -2.25. The van der Waals surface area contributed by atoms with Crippen LogP contribution in [0.2, 0.25) is 0 Å². The van der Waals surface area contributed by atoms with Crippen LogP contribution in [0, 0.1) is 12.7 Å². The average Bonchev–Trinajstić information content (AvgIpc) is 3.25. The van der Waals surface area contributed by atoms with Gasteiger partial charge in [0.25, 0.3) is 0 Å². The van der Waals surface area contributed by atoms with Gasteiger partial charge in [-0.15, -0.1) is 10.2 Å². The van der Waals surface area contributed by atoms with Gasteiger partial charge in [0, 0.05) is 11.4 Å². The number of rotatable bonds is 9. The highest BCUT2D eigenvalue weighted by Gasteiger charge is 2.26. The van der Waals surface area contributed by atoms with Crippen LogP contribution in [-0.4, -0.2) is 34.3 Å². The zero-order valence-corrected chi connectivity index (χ0v) is 21.4. The molecule has 1 N–H and O–H groups in total.